The Labute approximate surface area is 123 Å². The van der Waals surface area contributed by atoms with E-state index < -0.39 is 0 Å². The molecule has 6 heteroatoms. The number of hydrogen-bond acceptors (Lipinski definition) is 4. The highest BCUT2D eigenvalue weighted by Crippen LogP contribution is 2.33. The predicted octanol–water partition coefficient (Wildman–Crippen LogP) is 1.17. The van der Waals surface area contributed by atoms with Crippen LogP contribution in [-0.2, 0) is 16.1 Å². The first kappa shape index (κ1) is 13.8. The van der Waals surface area contributed by atoms with E-state index in [-0.39, 0.29) is 18.6 Å². The molecule has 21 heavy (non-hydrogen) atoms. The number of ether oxygens (including phenoxy) is 1. The fourth-order valence-electron chi connectivity index (χ4n) is 2.62. The maximum absolute atomic E-state index is 11.9. The molecule has 1 aliphatic heterocycles. The first-order valence-electron chi connectivity index (χ1n) is 7.10. The zero-order valence-corrected chi connectivity index (χ0v) is 11.7. The Balaban J connectivity index is 1.53. The molecule has 0 aliphatic carbocycles. The number of nitrogens with one attached hydrogen (secondary N) is 1. The molecule has 0 bridgehead atoms. The van der Waals surface area contributed by atoms with Crippen LogP contribution < -0.4 is 5.32 Å². The average Bonchev–Trinajstić information content (AvgIpc) is 3.17. The second kappa shape index (κ2) is 6.49. The van der Waals surface area contributed by atoms with Crippen LogP contribution in [0.4, 0.5) is 0 Å². The van der Waals surface area contributed by atoms with Crippen LogP contribution in [0.5, 0.6) is 0 Å². The van der Waals surface area contributed by atoms with Crippen LogP contribution in [-0.4, -0.2) is 34.1 Å². The molecule has 0 spiro atoms. The lowest BCUT2D eigenvalue weighted by Gasteiger charge is -2.19. The number of benzene rings is 1. The van der Waals surface area contributed by atoms with Gasteiger partial charge in [-0.25, -0.2) is 4.68 Å². The molecule has 0 unspecified atom stereocenters. The van der Waals surface area contributed by atoms with Gasteiger partial charge in [0, 0.05) is 25.3 Å². The van der Waals surface area contributed by atoms with Gasteiger partial charge in [-0.2, -0.15) is 0 Å². The van der Waals surface area contributed by atoms with Crippen molar-refractivity contribution in [1.29, 1.82) is 0 Å². The standard InChI is InChI=1S/C15H18N4O2/c20-14(11-19-8-7-17-18-19)16-10-13-6-9-21-15(13)12-4-2-1-3-5-12/h1-5,7-8,13,15H,6,9-11H2,(H,16,20)/t13-,15-/m1/s1. The summed E-state index contributed by atoms with van der Waals surface area (Å²) >= 11 is 0. The highest BCUT2D eigenvalue weighted by atomic mass is 16.5. The van der Waals surface area contributed by atoms with E-state index >= 15 is 0 Å². The van der Waals surface area contributed by atoms with Crippen molar-refractivity contribution in [3.63, 3.8) is 0 Å². The van der Waals surface area contributed by atoms with Crippen molar-refractivity contribution in [1.82, 2.24) is 20.3 Å². The summed E-state index contributed by atoms with van der Waals surface area (Å²) < 4.78 is 7.32. The number of rotatable bonds is 5. The summed E-state index contributed by atoms with van der Waals surface area (Å²) in [5, 5.41) is 10.4. The Kier molecular flexibility index (Phi) is 4.25. The summed E-state index contributed by atoms with van der Waals surface area (Å²) in [6.07, 6.45) is 4.26. The minimum absolute atomic E-state index is 0.0563. The van der Waals surface area contributed by atoms with Gasteiger partial charge in [-0.1, -0.05) is 35.5 Å². The summed E-state index contributed by atoms with van der Waals surface area (Å²) in [5.41, 5.74) is 1.17. The van der Waals surface area contributed by atoms with Gasteiger partial charge in [0.25, 0.3) is 0 Å². The molecule has 1 amide bonds. The van der Waals surface area contributed by atoms with Crippen LogP contribution in [0.3, 0.4) is 0 Å². The van der Waals surface area contributed by atoms with Crippen molar-refractivity contribution in [2.75, 3.05) is 13.2 Å². The van der Waals surface area contributed by atoms with Crippen molar-refractivity contribution < 1.29 is 9.53 Å². The van der Waals surface area contributed by atoms with Gasteiger partial charge >= 0.3 is 0 Å². The molecule has 1 N–H and O–H groups in total. The van der Waals surface area contributed by atoms with E-state index in [9.17, 15) is 4.79 Å². The van der Waals surface area contributed by atoms with Gasteiger partial charge in [-0.15, -0.1) is 5.10 Å². The fourth-order valence-corrected chi connectivity index (χ4v) is 2.62. The lowest BCUT2D eigenvalue weighted by atomic mass is 9.95. The van der Waals surface area contributed by atoms with Gasteiger partial charge in [0.05, 0.1) is 12.3 Å². The van der Waals surface area contributed by atoms with Crippen LogP contribution in [0.15, 0.2) is 42.7 Å². The highest BCUT2D eigenvalue weighted by Gasteiger charge is 2.29. The SMILES string of the molecule is O=C(Cn1ccnn1)NC[C@H]1CCO[C@@H]1c1ccccc1. The summed E-state index contributed by atoms with van der Waals surface area (Å²) in [7, 11) is 0. The van der Waals surface area contributed by atoms with Gasteiger partial charge in [0.2, 0.25) is 5.91 Å². The first-order chi connectivity index (χ1) is 10.3. The molecule has 1 aliphatic rings. The summed E-state index contributed by atoms with van der Waals surface area (Å²) in [5.74, 6) is 0.256. The number of amides is 1. The van der Waals surface area contributed by atoms with E-state index in [2.05, 4.69) is 27.8 Å². The maximum Gasteiger partial charge on any atom is 0.241 e. The predicted molar refractivity (Wildman–Crippen MR) is 76.3 cm³/mol. The lowest BCUT2D eigenvalue weighted by molar-refractivity contribution is -0.122. The Morgan fingerprint density at radius 1 is 1.38 bits per heavy atom. The van der Waals surface area contributed by atoms with Gasteiger partial charge < -0.3 is 10.1 Å². The zero-order chi connectivity index (χ0) is 14.5. The molecule has 2 atom stereocenters. The van der Waals surface area contributed by atoms with Crippen molar-refractivity contribution in [2.45, 2.75) is 19.1 Å². The largest absolute Gasteiger partial charge is 0.373 e. The summed E-state index contributed by atoms with van der Waals surface area (Å²) in [4.78, 5) is 11.9. The number of hydrogen-bond donors (Lipinski definition) is 1. The van der Waals surface area contributed by atoms with E-state index in [0.29, 0.717) is 12.5 Å². The first-order valence-corrected chi connectivity index (χ1v) is 7.10. The molecule has 1 aromatic heterocycles. The minimum atomic E-state index is -0.0563. The van der Waals surface area contributed by atoms with Crippen molar-refractivity contribution in [2.24, 2.45) is 5.92 Å². The lowest BCUT2D eigenvalue weighted by Crippen LogP contribution is -2.33. The molecule has 0 saturated carbocycles. The third-order valence-electron chi connectivity index (χ3n) is 3.68. The second-order valence-corrected chi connectivity index (χ2v) is 5.16. The molecular formula is C15H18N4O2. The molecule has 0 radical (unpaired) electrons. The van der Waals surface area contributed by atoms with Crippen molar-refractivity contribution in [3.8, 4) is 0 Å². The van der Waals surface area contributed by atoms with Gasteiger partial charge in [0.15, 0.2) is 0 Å². The average molecular weight is 286 g/mol. The zero-order valence-electron chi connectivity index (χ0n) is 11.7. The van der Waals surface area contributed by atoms with E-state index in [1.807, 2.05) is 18.2 Å². The van der Waals surface area contributed by atoms with Gasteiger partial charge in [-0.05, 0) is 12.0 Å². The molecule has 1 saturated heterocycles. The van der Waals surface area contributed by atoms with Crippen LogP contribution >= 0.6 is 0 Å². The Morgan fingerprint density at radius 2 is 2.24 bits per heavy atom. The topological polar surface area (TPSA) is 69.0 Å². The van der Waals surface area contributed by atoms with E-state index in [1.165, 1.54) is 10.2 Å². The number of carbonyl (C=O) groups is 1. The van der Waals surface area contributed by atoms with E-state index in [4.69, 9.17) is 4.74 Å². The van der Waals surface area contributed by atoms with E-state index in [1.54, 1.807) is 12.4 Å². The van der Waals surface area contributed by atoms with E-state index in [0.717, 1.165) is 13.0 Å². The smallest absolute Gasteiger partial charge is 0.241 e. The van der Waals surface area contributed by atoms with Gasteiger partial charge in [-0.3, -0.25) is 4.79 Å². The Hall–Kier alpha value is -2.21. The third-order valence-corrected chi connectivity index (χ3v) is 3.68. The van der Waals surface area contributed by atoms with Crippen LogP contribution in [0.25, 0.3) is 0 Å². The summed E-state index contributed by atoms with van der Waals surface area (Å²) in [6, 6.07) is 10.2. The number of carbonyl (C=O) groups excluding carboxylic acids is 1. The molecule has 2 heterocycles. The molecule has 1 aromatic carbocycles. The van der Waals surface area contributed by atoms with Gasteiger partial charge in [0.1, 0.15) is 6.54 Å². The molecule has 3 rings (SSSR count). The molecular weight excluding hydrogens is 268 g/mol. The number of nitrogens with zero attached hydrogens (tertiary/aromatic N) is 3. The molecule has 6 nitrogen and oxygen atoms in total. The normalized spacial score (nSPS) is 21.3. The maximum atomic E-state index is 11.9. The van der Waals surface area contributed by atoms with Crippen molar-refractivity contribution >= 4 is 5.91 Å². The van der Waals surface area contributed by atoms with Crippen LogP contribution in [0.1, 0.15) is 18.1 Å². The monoisotopic (exact) mass is 286 g/mol. The fraction of sp³-hybridized carbons (Fsp3) is 0.400. The van der Waals surface area contributed by atoms with Crippen LogP contribution in [0.2, 0.25) is 0 Å². The summed E-state index contributed by atoms with van der Waals surface area (Å²) in [6.45, 7) is 1.56. The molecule has 2 aromatic rings. The minimum Gasteiger partial charge on any atom is -0.373 e. The highest BCUT2D eigenvalue weighted by molar-refractivity contribution is 5.75. The quantitative estimate of drug-likeness (QED) is 0.896. The Bertz CT molecular complexity index is 571. The number of aromatic nitrogens is 3. The molecule has 110 valence electrons. The second-order valence-electron chi connectivity index (χ2n) is 5.16. The van der Waals surface area contributed by atoms with Crippen LogP contribution in [0, 0.1) is 5.92 Å². The third kappa shape index (κ3) is 3.46. The Morgan fingerprint density at radius 3 is 3.00 bits per heavy atom. The van der Waals surface area contributed by atoms with Crippen molar-refractivity contribution in [3.05, 3.63) is 48.3 Å². The molecule has 1 fully saturated rings.